The van der Waals surface area contributed by atoms with Crippen molar-refractivity contribution in [2.45, 2.75) is 6.18 Å². The van der Waals surface area contributed by atoms with Gasteiger partial charge in [-0.3, -0.25) is 5.10 Å². The van der Waals surface area contributed by atoms with Gasteiger partial charge in [0.2, 0.25) is 0 Å². The highest BCUT2D eigenvalue weighted by molar-refractivity contribution is 6.39. The van der Waals surface area contributed by atoms with Gasteiger partial charge >= 0.3 is 6.18 Å². The van der Waals surface area contributed by atoms with Crippen LogP contribution >= 0.6 is 23.2 Å². The van der Waals surface area contributed by atoms with Gasteiger partial charge in [-0.15, -0.1) is 0 Å². The second-order valence-corrected chi connectivity index (χ2v) is 5.03. The average molecular weight is 368 g/mol. The number of nitrogens with zero attached hydrogens (tertiary/aromatic N) is 2. The highest BCUT2D eigenvalue weighted by Gasteiger charge is 2.32. The fourth-order valence-corrected chi connectivity index (χ4v) is 2.53. The van der Waals surface area contributed by atoms with Crippen LogP contribution in [0.3, 0.4) is 0 Å². The van der Waals surface area contributed by atoms with E-state index in [0.29, 0.717) is 18.2 Å². The Balaban J connectivity index is 2.72. The number of alkyl halides is 3. The summed E-state index contributed by atoms with van der Waals surface area (Å²) in [5, 5.41) is 13.8. The van der Waals surface area contributed by atoms with E-state index in [1.165, 1.54) is 0 Å². The van der Waals surface area contributed by atoms with Crippen molar-refractivity contribution >= 4 is 29.3 Å². The normalized spacial score (nSPS) is 11.2. The number of aromatic nitrogens is 2. The Bertz CT molecular complexity index is 806. The average Bonchev–Trinajstić information content (AvgIpc) is 2.79. The number of benzene rings is 1. The summed E-state index contributed by atoms with van der Waals surface area (Å²) in [6, 6.07) is 2.79. The summed E-state index contributed by atoms with van der Waals surface area (Å²) in [5.41, 5.74) is -2.14. The molecule has 0 unspecified atom stereocenters. The molecule has 0 saturated heterocycles. The van der Waals surface area contributed by atoms with Crippen LogP contribution in [-0.4, -0.2) is 10.2 Å². The van der Waals surface area contributed by atoms with E-state index in [2.05, 4.69) is 10.2 Å². The molecule has 23 heavy (non-hydrogen) atoms. The third-order valence-electron chi connectivity index (χ3n) is 2.78. The second kappa shape index (κ2) is 6.18. The van der Waals surface area contributed by atoms with Crippen molar-refractivity contribution in [1.82, 2.24) is 10.2 Å². The smallest absolute Gasteiger partial charge is 0.276 e. The number of halogens is 7. The zero-order valence-corrected chi connectivity index (χ0v) is 12.3. The highest BCUT2D eigenvalue weighted by Crippen LogP contribution is 2.41. The number of H-pyrrole nitrogens is 1. The number of hydrogen-bond donors (Lipinski definition) is 1. The summed E-state index contributed by atoms with van der Waals surface area (Å²) in [7, 11) is 0. The van der Waals surface area contributed by atoms with Gasteiger partial charge in [0.1, 0.15) is 6.07 Å². The molecule has 1 aromatic heterocycles. The molecule has 10 heteroatoms. The molecule has 0 bridgehead atoms. The lowest BCUT2D eigenvalue weighted by Gasteiger charge is -2.12. The van der Waals surface area contributed by atoms with Crippen molar-refractivity contribution in [1.29, 1.82) is 5.26 Å². The first-order chi connectivity index (χ1) is 10.6. The van der Waals surface area contributed by atoms with Gasteiger partial charge in [0.15, 0.2) is 5.69 Å². The summed E-state index contributed by atoms with van der Waals surface area (Å²) in [5.74, 6) is 0. The molecule has 1 heterocycles. The SMILES string of the molecule is N#Cc1n[nH]c(-c2c(Cl)cc(C(F)(F)F)cc2Cl)c1C=C(F)F. The number of aromatic amines is 1. The summed E-state index contributed by atoms with van der Waals surface area (Å²) in [6.07, 6.45) is -6.45. The minimum atomic E-state index is -4.68. The van der Waals surface area contributed by atoms with Crippen molar-refractivity contribution in [2.24, 2.45) is 0 Å². The van der Waals surface area contributed by atoms with Crippen molar-refractivity contribution < 1.29 is 22.0 Å². The summed E-state index contributed by atoms with van der Waals surface area (Å²) >= 11 is 11.6. The van der Waals surface area contributed by atoms with Crippen molar-refractivity contribution in [2.75, 3.05) is 0 Å². The Labute approximate surface area is 135 Å². The van der Waals surface area contributed by atoms with Crippen LogP contribution in [0.2, 0.25) is 10.0 Å². The van der Waals surface area contributed by atoms with Gasteiger partial charge in [-0.1, -0.05) is 23.2 Å². The van der Waals surface area contributed by atoms with Crippen molar-refractivity contribution in [3.63, 3.8) is 0 Å². The maximum absolute atomic E-state index is 12.7. The number of nitrogens with one attached hydrogen (secondary N) is 1. The molecule has 120 valence electrons. The third-order valence-corrected chi connectivity index (χ3v) is 3.38. The van der Waals surface area contributed by atoms with Crippen LogP contribution in [0.5, 0.6) is 0 Å². The Kier molecular flexibility index (Phi) is 4.63. The van der Waals surface area contributed by atoms with Crippen molar-refractivity contribution in [3.8, 4) is 17.3 Å². The van der Waals surface area contributed by atoms with E-state index in [9.17, 15) is 22.0 Å². The van der Waals surface area contributed by atoms with Crippen LogP contribution in [0.15, 0.2) is 18.2 Å². The summed E-state index contributed by atoms with van der Waals surface area (Å²) in [6.45, 7) is 0. The molecule has 3 nitrogen and oxygen atoms in total. The first kappa shape index (κ1) is 17.2. The highest BCUT2D eigenvalue weighted by atomic mass is 35.5. The number of rotatable bonds is 2. The molecule has 2 aromatic rings. The fraction of sp³-hybridized carbons (Fsp3) is 0.0769. The predicted octanol–water partition coefficient (Wildman–Crippen LogP) is 5.51. The topological polar surface area (TPSA) is 52.5 Å². The predicted molar refractivity (Wildman–Crippen MR) is 74.0 cm³/mol. The standard InChI is InChI=1S/C13H4Cl2F5N3/c14-7-1-5(13(18,19)20)2-8(15)11(7)12-6(3-10(16)17)9(4-21)22-23-12/h1-3H,(H,22,23). The molecule has 0 aliphatic heterocycles. The first-order valence-electron chi connectivity index (χ1n) is 5.73. The molecule has 0 saturated carbocycles. The maximum Gasteiger partial charge on any atom is 0.416 e. The maximum atomic E-state index is 12.7. The van der Waals surface area contributed by atoms with Gasteiger partial charge in [-0.25, -0.2) is 0 Å². The molecular formula is C13H4Cl2F5N3. The van der Waals surface area contributed by atoms with Crippen LogP contribution in [0, 0.1) is 11.3 Å². The minimum Gasteiger partial charge on any atom is -0.276 e. The lowest BCUT2D eigenvalue weighted by atomic mass is 10.0. The number of nitriles is 1. The Morgan fingerprint density at radius 2 is 1.78 bits per heavy atom. The monoisotopic (exact) mass is 367 g/mol. The van der Waals surface area contributed by atoms with Gasteiger partial charge in [0.05, 0.1) is 21.3 Å². The quantitative estimate of drug-likeness (QED) is 0.711. The molecule has 2 rings (SSSR count). The van der Waals surface area contributed by atoms with Gasteiger partial charge < -0.3 is 0 Å². The van der Waals surface area contributed by atoms with Gasteiger partial charge in [0, 0.05) is 17.2 Å². The summed E-state index contributed by atoms with van der Waals surface area (Å²) in [4.78, 5) is 0. The molecule has 0 atom stereocenters. The molecule has 0 aliphatic rings. The van der Waals surface area contributed by atoms with Gasteiger partial charge in [-0.05, 0) is 12.1 Å². The van der Waals surface area contributed by atoms with Crippen molar-refractivity contribution in [3.05, 3.63) is 45.1 Å². The molecule has 0 fully saturated rings. The Morgan fingerprint density at radius 3 is 2.22 bits per heavy atom. The molecule has 1 aromatic carbocycles. The lowest BCUT2D eigenvalue weighted by molar-refractivity contribution is -0.137. The first-order valence-corrected chi connectivity index (χ1v) is 6.48. The van der Waals surface area contributed by atoms with E-state index in [-0.39, 0.29) is 22.5 Å². The van der Waals surface area contributed by atoms with E-state index >= 15 is 0 Å². The Hall–Kier alpha value is -2.11. The molecular weight excluding hydrogens is 364 g/mol. The van der Waals surface area contributed by atoms with E-state index in [1.807, 2.05) is 0 Å². The largest absolute Gasteiger partial charge is 0.416 e. The lowest BCUT2D eigenvalue weighted by Crippen LogP contribution is -2.05. The van der Waals surface area contributed by atoms with Gasteiger partial charge in [-0.2, -0.15) is 32.3 Å². The molecule has 0 spiro atoms. The van der Waals surface area contributed by atoms with E-state index in [0.717, 1.165) is 0 Å². The van der Waals surface area contributed by atoms with Crippen LogP contribution in [0.1, 0.15) is 16.8 Å². The zero-order chi connectivity index (χ0) is 17.4. The third kappa shape index (κ3) is 3.46. The molecule has 0 amide bonds. The van der Waals surface area contributed by atoms with Crippen LogP contribution in [0.4, 0.5) is 22.0 Å². The molecule has 1 N–H and O–H groups in total. The fourth-order valence-electron chi connectivity index (χ4n) is 1.85. The van der Waals surface area contributed by atoms with Crippen LogP contribution in [-0.2, 0) is 6.18 Å². The van der Waals surface area contributed by atoms with Gasteiger partial charge in [0.25, 0.3) is 6.08 Å². The van der Waals surface area contributed by atoms with E-state index < -0.39 is 27.9 Å². The van der Waals surface area contributed by atoms with Crippen LogP contribution < -0.4 is 0 Å². The minimum absolute atomic E-state index is 0.164. The summed E-state index contributed by atoms with van der Waals surface area (Å²) < 4.78 is 63.2. The molecule has 0 radical (unpaired) electrons. The second-order valence-electron chi connectivity index (χ2n) is 4.22. The van der Waals surface area contributed by atoms with E-state index in [1.54, 1.807) is 6.07 Å². The Morgan fingerprint density at radius 1 is 1.22 bits per heavy atom. The van der Waals surface area contributed by atoms with Crippen LogP contribution in [0.25, 0.3) is 17.3 Å². The van der Waals surface area contributed by atoms with E-state index in [4.69, 9.17) is 28.5 Å². The zero-order valence-electron chi connectivity index (χ0n) is 10.8. The number of hydrogen-bond acceptors (Lipinski definition) is 2. The molecule has 0 aliphatic carbocycles.